The fourth-order valence-corrected chi connectivity index (χ4v) is 3.54. The summed E-state index contributed by atoms with van der Waals surface area (Å²) in [7, 11) is 0. The first-order valence-corrected chi connectivity index (χ1v) is 10.0. The minimum atomic E-state index is 0.253. The summed E-state index contributed by atoms with van der Waals surface area (Å²) in [6.45, 7) is 8.38. The Labute approximate surface area is 167 Å². The second-order valence-corrected chi connectivity index (χ2v) is 6.95. The molecule has 0 aliphatic carbocycles. The third-order valence-corrected chi connectivity index (χ3v) is 4.88. The molecule has 3 rings (SSSR count). The van der Waals surface area contributed by atoms with Gasteiger partial charge in [-0.25, -0.2) is 4.99 Å². The highest BCUT2D eigenvalue weighted by Gasteiger charge is 2.18. The van der Waals surface area contributed by atoms with Gasteiger partial charge in [-0.05, 0) is 47.0 Å². The number of aromatic nitrogens is 1. The van der Waals surface area contributed by atoms with E-state index >= 15 is 0 Å². The normalized spacial score (nSPS) is 13.1. The van der Waals surface area contributed by atoms with Crippen LogP contribution in [0, 0.1) is 0 Å². The summed E-state index contributed by atoms with van der Waals surface area (Å²) >= 11 is 3.52. The van der Waals surface area contributed by atoms with Crippen molar-refractivity contribution < 1.29 is 14.0 Å². The minimum absolute atomic E-state index is 0.253. The van der Waals surface area contributed by atoms with Crippen molar-refractivity contribution in [2.45, 2.75) is 46.7 Å². The molecule has 0 amide bonds. The van der Waals surface area contributed by atoms with Crippen LogP contribution >= 0.6 is 15.9 Å². The van der Waals surface area contributed by atoms with Gasteiger partial charge in [0.05, 0.1) is 16.7 Å². The van der Waals surface area contributed by atoms with Gasteiger partial charge in [0, 0.05) is 25.1 Å². The molecule has 7 nitrogen and oxygen atoms in total. The molecule has 1 aromatic carbocycles. The van der Waals surface area contributed by atoms with E-state index in [-0.39, 0.29) is 6.79 Å². The summed E-state index contributed by atoms with van der Waals surface area (Å²) in [6, 6.07) is 3.97. The molecular weight excluding hydrogens is 412 g/mol. The van der Waals surface area contributed by atoms with Crippen LogP contribution in [0.2, 0.25) is 0 Å². The molecule has 146 valence electrons. The van der Waals surface area contributed by atoms with Gasteiger partial charge >= 0.3 is 0 Å². The Morgan fingerprint density at radius 3 is 2.78 bits per heavy atom. The van der Waals surface area contributed by atoms with Crippen LogP contribution in [0.25, 0.3) is 0 Å². The van der Waals surface area contributed by atoms with Gasteiger partial charge in [0.2, 0.25) is 6.79 Å². The highest BCUT2D eigenvalue weighted by Crippen LogP contribution is 2.40. The first-order chi connectivity index (χ1) is 13.2. The van der Waals surface area contributed by atoms with Crippen LogP contribution in [0.4, 0.5) is 0 Å². The van der Waals surface area contributed by atoms with Gasteiger partial charge in [0.25, 0.3) is 0 Å². The molecule has 1 aromatic heterocycles. The van der Waals surface area contributed by atoms with Gasteiger partial charge in [-0.1, -0.05) is 19.0 Å². The van der Waals surface area contributed by atoms with Gasteiger partial charge in [0.1, 0.15) is 5.76 Å². The maximum atomic E-state index is 5.47. The standard InChI is InChI=1S/C19H25BrN4O3/c1-4-15-13(16(5-2)27-24-15)10-23-19(21-6-3)22-9-12-7-14(20)18-17(8-12)25-11-26-18/h7-8H,4-6,9-11H2,1-3H3,(H2,21,22,23). The van der Waals surface area contributed by atoms with E-state index in [0.29, 0.717) is 13.1 Å². The first kappa shape index (κ1) is 19.5. The van der Waals surface area contributed by atoms with Crippen molar-refractivity contribution in [2.75, 3.05) is 13.3 Å². The number of benzene rings is 1. The Balaban J connectivity index is 1.70. The molecule has 0 atom stereocenters. The van der Waals surface area contributed by atoms with Gasteiger partial charge in [-0.2, -0.15) is 0 Å². The fourth-order valence-electron chi connectivity index (χ4n) is 2.93. The quantitative estimate of drug-likeness (QED) is 0.510. The van der Waals surface area contributed by atoms with Crippen LogP contribution in [-0.2, 0) is 25.9 Å². The number of guanidine groups is 1. The number of fused-ring (bicyclic) bond motifs is 1. The average Bonchev–Trinajstić information content (AvgIpc) is 3.30. The van der Waals surface area contributed by atoms with E-state index in [4.69, 9.17) is 14.0 Å². The predicted molar refractivity (Wildman–Crippen MR) is 107 cm³/mol. The average molecular weight is 437 g/mol. The maximum Gasteiger partial charge on any atom is 0.231 e. The molecular formula is C19H25BrN4O3. The summed E-state index contributed by atoms with van der Waals surface area (Å²) in [6.07, 6.45) is 1.67. The molecule has 2 aromatic rings. The van der Waals surface area contributed by atoms with Crippen molar-refractivity contribution in [2.24, 2.45) is 4.99 Å². The molecule has 0 saturated carbocycles. The van der Waals surface area contributed by atoms with Gasteiger partial charge < -0.3 is 24.6 Å². The number of rotatable bonds is 7. The summed E-state index contributed by atoms with van der Waals surface area (Å²) in [5.41, 5.74) is 3.16. The summed E-state index contributed by atoms with van der Waals surface area (Å²) in [5.74, 6) is 3.17. The summed E-state index contributed by atoms with van der Waals surface area (Å²) in [5, 5.41) is 10.8. The van der Waals surface area contributed by atoms with Crippen LogP contribution in [0.1, 0.15) is 43.4 Å². The van der Waals surface area contributed by atoms with E-state index in [9.17, 15) is 0 Å². The van der Waals surface area contributed by atoms with E-state index in [1.165, 1.54) is 0 Å². The number of halogens is 1. The Morgan fingerprint density at radius 1 is 1.19 bits per heavy atom. The highest BCUT2D eigenvalue weighted by atomic mass is 79.9. The molecule has 0 fully saturated rings. The smallest absolute Gasteiger partial charge is 0.231 e. The summed E-state index contributed by atoms with van der Waals surface area (Å²) < 4.78 is 17.2. The zero-order valence-corrected chi connectivity index (χ0v) is 17.5. The first-order valence-electron chi connectivity index (χ1n) is 9.22. The largest absolute Gasteiger partial charge is 0.454 e. The Kier molecular flexibility index (Phi) is 6.60. The van der Waals surface area contributed by atoms with Crippen molar-refractivity contribution in [3.05, 3.63) is 39.2 Å². The number of ether oxygens (including phenoxy) is 2. The lowest BCUT2D eigenvalue weighted by molar-refractivity contribution is 0.173. The van der Waals surface area contributed by atoms with Crippen LogP contribution < -0.4 is 20.1 Å². The van der Waals surface area contributed by atoms with Gasteiger partial charge in [-0.15, -0.1) is 0 Å². The zero-order chi connectivity index (χ0) is 19.2. The number of aliphatic imine (C=N–C) groups is 1. The zero-order valence-electron chi connectivity index (χ0n) is 15.9. The monoisotopic (exact) mass is 436 g/mol. The lowest BCUT2D eigenvalue weighted by Gasteiger charge is -2.12. The lowest BCUT2D eigenvalue weighted by Crippen LogP contribution is -2.37. The Bertz CT molecular complexity index is 798. The number of nitrogens with one attached hydrogen (secondary N) is 2. The highest BCUT2D eigenvalue weighted by molar-refractivity contribution is 9.10. The molecule has 27 heavy (non-hydrogen) atoms. The van der Waals surface area contributed by atoms with E-state index in [1.807, 2.05) is 19.1 Å². The van der Waals surface area contributed by atoms with Crippen molar-refractivity contribution in [1.29, 1.82) is 0 Å². The lowest BCUT2D eigenvalue weighted by atomic mass is 10.1. The predicted octanol–water partition coefficient (Wildman–Crippen LogP) is 3.55. The van der Waals surface area contributed by atoms with E-state index in [2.05, 4.69) is 50.6 Å². The molecule has 2 N–H and O–H groups in total. The van der Waals surface area contributed by atoms with Gasteiger partial charge in [0.15, 0.2) is 17.5 Å². The van der Waals surface area contributed by atoms with Crippen LogP contribution in [0.5, 0.6) is 11.5 Å². The summed E-state index contributed by atoms with van der Waals surface area (Å²) in [4.78, 5) is 4.69. The van der Waals surface area contributed by atoms with Crippen molar-refractivity contribution in [1.82, 2.24) is 15.8 Å². The molecule has 1 aliphatic rings. The molecule has 2 heterocycles. The van der Waals surface area contributed by atoms with E-state index in [1.54, 1.807) is 0 Å². The fraction of sp³-hybridized carbons (Fsp3) is 0.474. The van der Waals surface area contributed by atoms with Crippen molar-refractivity contribution >= 4 is 21.9 Å². The maximum absolute atomic E-state index is 5.47. The number of nitrogens with zero attached hydrogens (tertiary/aromatic N) is 2. The number of hydrogen-bond donors (Lipinski definition) is 2. The van der Waals surface area contributed by atoms with Crippen molar-refractivity contribution in [3.63, 3.8) is 0 Å². The molecule has 1 aliphatic heterocycles. The molecule has 8 heteroatoms. The third-order valence-electron chi connectivity index (χ3n) is 4.29. The third kappa shape index (κ3) is 4.55. The SMILES string of the molecule is CCNC(=NCc1cc(Br)c2c(c1)OCO2)NCc1c(CC)noc1CC. The second-order valence-electron chi connectivity index (χ2n) is 6.10. The number of hydrogen-bond acceptors (Lipinski definition) is 5. The van der Waals surface area contributed by atoms with E-state index < -0.39 is 0 Å². The number of aryl methyl sites for hydroxylation is 2. The Morgan fingerprint density at radius 2 is 2.04 bits per heavy atom. The molecule has 0 saturated heterocycles. The molecule has 0 radical (unpaired) electrons. The van der Waals surface area contributed by atoms with Crippen molar-refractivity contribution in [3.8, 4) is 11.5 Å². The van der Waals surface area contributed by atoms with Crippen LogP contribution in [0.3, 0.4) is 0 Å². The molecule has 0 bridgehead atoms. The van der Waals surface area contributed by atoms with Crippen LogP contribution in [-0.4, -0.2) is 24.5 Å². The second kappa shape index (κ2) is 9.12. The van der Waals surface area contributed by atoms with E-state index in [0.717, 1.165) is 63.9 Å². The molecule has 0 spiro atoms. The van der Waals surface area contributed by atoms with Gasteiger partial charge in [-0.3, -0.25) is 0 Å². The van der Waals surface area contributed by atoms with Crippen LogP contribution in [0.15, 0.2) is 26.1 Å². The Hall–Kier alpha value is -2.22. The topological polar surface area (TPSA) is 80.9 Å². The molecule has 0 unspecified atom stereocenters. The minimum Gasteiger partial charge on any atom is -0.454 e.